The molecule has 0 radical (unpaired) electrons. The molecule has 1 N–H and O–H groups in total. The van der Waals surface area contributed by atoms with E-state index in [1.54, 1.807) is 6.20 Å². The van der Waals surface area contributed by atoms with E-state index >= 15 is 0 Å². The van der Waals surface area contributed by atoms with Crippen LogP contribution in [0, 0.1) is 18.3 Å². The summed E-state index contributed by atoms with van der Waals surface area (Å²) in [6, 6.07) is 11.0. The molecule has 3 nitrogen and oxygen atoms in total. The van der Waals surface area contributed by atoms with E-state index in [1.807, 2.05) is 20.1 Å². The lowest BCUT2D eigenvalue weighted by Crippen LogP contribution is -2.02. The van der Waals surface area contributed by atoms with Gasteiger partial charge < -0.3 is 5.32 Å². The number of hydrogen-bond acceptors (Lipinski definition) is 3. The first-order valence-corrected chi connectivity index (χ1v) is 9.67. The van der Waals surface area contributed by atoms with Crippen LogP contribution in [0.15, 0.2) is 42.0 Å². The zero-order chi connectivity index (χ0) is 19.8. The Balaban J connectivity index is 2.68. The highest BCUT2D eigenvalue weighted by molar-refractivity contribution is 5.82. The van der Waals surface area contributed by atoms with Crippen LogP contribution in [0.4, 0.5) is 11.4 Å². The van der Waals surface area contributed by atoms with Crippen LogP contribution in [0.5, 0.6) is 0 Å². The van der Waals surface area contributed by atoms with Gasteiger partial charge in [0.2, 0.25) is 0 Å². The Morgan fingerprint density at radius 1 is 1.26 bits per heavy atom. The first kappa shape index (κ1) is 20.5. The zero-order valence-corrected chi connectivity index (χ0v) is 16.9. The predicted octanol–water partition coefficient (Wildman–Crippen LogP) is 6.72. The van der Waals surface area contributed by atoms with Gasteiger partial charge in [0.15, 0.2) is 0 Å². The topological polar surface area (TPSA) is 48.2 Å². The van der Waals surface area contributed by atoms with Crippen LogP contribution in [-0.4, -0.2) is 6.21 Å². The second-order valence-electron chi connectivity index (χ2n) is 6.62. The maximum atomic E-state index is 9.60. The van der Waals surface area contributed by atoms with E-state index in [0.29, 0.717) is 5.56 Å². The van der Waals surface area contributed by atoms with Crippen LogP contribution in [0.2, 0.25) is 0 Å². The van der Waals surface area contributed by atoms with Crippen molar-refractivity contribution in [2.45, 2.75) is 53.4 Å². The van der Waals surface area contributed by atoms with E-state index < -0.39 is 0 Å². The molecule has 27 heavy (non-hydrogen) atoms. The van der Waals surface area contributed by atoms with Gasteiger partial charge in [-0.1, -0.05) is 39.0 Å². The standard InChI is InChI=1S/C24H29N3/c1-6-10-11-18-12-13-19(15-23(18)26-8-3)21-14-17(5)22(16-25)24(27-9-4)20(21)7-2/h8-9,12-15,27H,4,6-7,10-11H2,1-3,5H3/b26-8-. The first-order valence-electron chi connectivity index (χ1n) is 9.67. The van der Waals surface area contributed by atoms with Crippen molar-refractivity contribution in [3.63, 3.8) is 0 Å². The SMILES string of the molecule is C=CNc1c(C#N)c(C)cc(-c2ccc(CCCC)c(/N=C\C)c2)c1CC. The molecule has 3 heteroatoms. The summed E-state index contributed by atoms with van der Waals surface area (Å²) >= 11 is 0. The van der Waals surface area contributed by atoms with Crippen molar-refractivity contribution in [3.05, 3.63) is 59.3 Å². The van der Waals surface area contributed by atoms with Gasteiger partial charge in [-0.25, -0.2) is 0 Å². The fourth-order valence-electron chi connectivity index (χ4n) is 3.46. The molecular weight excluding hydrogens is 330 g/mol. The summed E-state index contributed by atoms with van der Waals surface area (Å²) in [5.74, 6) is 0. The monoisotopic (exact) mass is 359 g/mol. The normalized spacial score (nSPS) is 10.8. The largest absolute Gasteiger partial charge is 0.361 e. The lowest BCUT2D eigenvalue weighted by atomic mass is 9.90. The maximum Gasteiger partial charge on any atom is 0.102 e. The van der Waals surface area contributed by atoms with Crippen molar-refractivity contribution in [2.24, 2.45) is 4.99 Å². The van der Waals surface area contributed by atoms with Crippen molar-refractivity contribution in [1.82, 2.24) is 0 Å². The molecular formula is C24H29N3. The van der Waals surface area contributed by atoms with Gasteiger partial charge in [0.05, 0.1) is 16.9 Å². The highest BCUT2D eigenvalue weighted by Crippen LogP contribution is 2.37. The number of nitrogens with zero attached hydrogens (tertiary/aromatic N) is 2. The quantitative estimate of drug-likeness (QED) is 0.532. The predicted molar refractivity (Wildman–Crippen MR) is 117 cm³/mol. The molecule has 0 aliphatic rings. The lowest BCUT2D eigenvalue weighted by Gasteiger charge is -2.18. The third-order valence-corrected chi connectivity index (χ3v) is 4.81. The molecule has 0 aliphatic carbocycles. The molecule has 2 rings (SSSR count). The minimum Gasteiger partial charge on any atom is -0.361 e. The second kappa shape index (κ2) is 9.73. The molecule has 140 valence electrons. The number of aliphatic imine (C=N–C) groups is 1. The number of rotatable bonds is 8. The first-order chi connectivity index (χ1) is 13.1. The molecule has 0 aromatic heterocycles. The highest BCUT2D eigenvalue weighted by atomic mass is 14.8. The molecule has 0 saturated carbocycles. The van der Waals surface area contributed by atoms with Gasteiger partial charge in [0.25, 0.3) is 0 Å². The van der Waals surface area contributed by atoms with Crippen LogP contribution in [-0.2, 0) is 12.8 Å². The van der Waals surface area contributed by atoms with Crippen LogP contribution in [0.3, 0.4) is 0 Å². The van der Waals surface area contributed by atoms with Gasteiger partial charge >= 0.3 is 0 Å². The van der Waals surface area contributed by atoms with Crippen LogP contribution in [0.1, 0.15) is 55.9 Å². The molecule has 0 unspecified atom stereocenters. The summed E-state index contributed by atoms with van der Waals surface area (Å²) in [5.41, 5.74) is 8.23. The molecule has 2 aromatic carbocycles. The minimum atomic E-state index is 0.682. The van der Waals surface area contributed by atoms with Crippen LogP contribution in [0.25, 0.3) is 11.1 Å². The number of benzene rings is 2. The van der Waals surface area contributed by atoms with E-state index in [0.717, 1.165) is 52.9 Å². The Morgan fingerprint density at radius 3 is 2.63 bits per heavy atom. The summed E-state index contributed by atoms with van der Waals surface area (Å²) in [6.07, 6.45) is 7.69. The fraction of sp³-hybridized carbons (Fsp3) is 0.333. The minimum absolute atomic E-state index is 0.682. The molecule has 0 bridgehead atoms. The Labute approximate surface area is 163 Å². The Morgan fingerprint density at radius 2 is 2.04 bits per heavy atom. The molecule has 0 fully saturated rings. The Kier molecular flexibility index (Phi) is 7.37. The van der Waals surface area contributed by atoms with E-state index in [-0.39, 0.29) is 0 Å². The number of nitriles is 1. The number of anilines is 1. The van der Waals surface area contributed by atoms with Crippen molar-refractivity contribution < 1.29 is 0 Å². The summed E-state index contributed by atoms with van der Waals surface area (Å²) in [7, 11) is 0. The smallest absolute Gasteiger partial charge is 0.102 e. The zero-order valence-electron chi connectivity index (χ0n) is 16.9. The van der Waals surface area contributed by atoms with Crippen molar-refractivity contribution >= 4 is 17.6 Å². The molecule has 0 amide bonds. The van der Waals surface area contributed by atoms with E-state index in [1.165, 1.54) is 12.0 Å². The van der Waals surface area contributed by atoms with Crippen LogP contribution >= 0.6 is 0 Å². The molecule has 0 spiro atoms. The third-order valence-electron chi connectivity index (χ3n) is 4.81. The average molecular weight is 360 g/mol. The van der Waals surface area contributed by atoms with E-state index in [9.17, 15) is 5.26 Å². The second-order valence-corrected chi connectivity index (χ2v) is 6.62. The van der Waals surface area contributed by atoms with Crippen LogP contribution < -0.4 is 5.32 Å². The van der Waals surface area contributed by atoms with Gasteiger partial charge in [-0.05, 0) is 79.3 Å². The number of hydrogen-bond donors (Lipinski definition) is 1. The lowest BCUT2D eigenvalue weighted by molar-refractivity contribution is 0.795. The summed E-state index contributed by atoms with van der Waals surface area (Å²) < 4.78 is 0. The average Bonchev–Trinajstić information content (AvgIpc) is 2.67. The van der Waals surface area contributed by atoms with Crippen molar-refractivity contribution in [3.8, 4) is 17.2 Å². The van der Waals surface area contributed by atoms with Crippen molar-refractivity contribution in [2.75, 3.05) is 5.32 Å². The number of aryl methyl sites for hydroxylation is 2. The van der Waals surface area contributed by atoms with Gasteiger partial charge in [-0.15, -0.1) is 0 Å². The van der Waals surface area contributed by atoms with E-state index in [4.69, 9.17) is 0 Å². The number of nitrogens with one attached hydrogen (secondary N) is 1. The fourth-order valence-corrected chi connectivity index (χ4v) is 3.46. The summed E-state index contributed by atoms with van der Waals surface area (Å²) in [5, 5.41) is 12.8. The Hall–Kier alpha value is -2.86. The molecule has 2 aromatic rings. The molecule has 0 heterocycles. The maximum absolute atomic E-state index is 9.60. The molecule has 0 atom stereocenters. The van der Waals surface area contributed by atoms with Crippen molar-refractivity contribution in [1.29, 1.82) is 5.26 Å². The molecule has 0 saturated heterocycles. The third kappa shape index (κ3) is 4.46. The number of unbranched alkanes of at least 4 members (excludes halogenated alkanes) is 1. The van der Waals surface area contributed by atoms with Gasteiger partial charge in [-0.2, -0.15) is 5.26 Å². The summed E-state index contributed by atoms with van der Waals surface area (Å²) in [6.45, 7) is 12.0. The highest BCUT2D eigenvalue weighted by Gasteiger charge is 2.16. The van der Waals surface area contributed by atoms with Gasteiger partial charge in [0.1, 0.15) is 6.07 Å². The summed E-state index contributed by atoms with van der Waals surface area (Å²) in [4.78, 5) is 4.61. The molecule has 0 aliphatic heterocycles. The van der Waals surface area contributed by atoms with E-state index in [2.05, 4.69) is 61.1 Å². The van der Waals surface area contributed by atoms with Gasteiger partial charge in [-0.3, -0.25) is 4.99 Å². The Bertz CT molecular complexity index is 885. The van der Waals surface area contributed by atoms with Gasteiger partial charge in [0, 0.05) is 6.21 Å².